The number of aromatic nitrogens is 1. The molecule has 0 saturated carbocycles. The van der Waals surface area contributed by atoms with Crippen molar-refractivity contribution >= 4 is 22.0 Å². The quantitative estimate of drug-likeness (QED) is 0.923. The predicted octanol–water partition coefficient (Wildman–Crippen LogP) is 2.38. The number of pyridine rings is 1. The van der Waals surface area contributed by atoms with Crippen LogP contribution in [-0.2, 0) is 13.0 Å². The van der Waals surface area contributed by atoms with Crippen LogP contribution in [0.25, 0.3) is 0 Å². The lowest BCUT2D eigenvalue weighted by atomic mass is 10.1. The van der Waals surface area contributed by atoms with E-state index in [9.17, 15) is 0 Å². The van der Waals surface area contributed by atoms with Crippen molar-refractivity contribution < 1.29 is 0 Å². The Labute approximate surface area is 129 Å². The molecule has 0 amide bonds. The van der Waals surface area contributed by atoms with Gasteiger partial charge in [-0.05, 0) is 43.1 Å². The zero-order chi connectivity index (χ0) is 14.2. The van der Waals surface area contributed by atoms with Gasteiger partial charge in [0.05, 0.1) is 23.6 Å². The molecule has 2 aliphatic rings. The van der Waals surface area contributed by atoms with Crippen LogP contribution < -0.4 is 15.1 Å². The molecular formula is C16H20N4S. The van der Waals surface area contributed by atoms with E-state index >= 15 is 0 Å². The van der Waals surface area contributed by atoms with Crippen LogP contribution in [0.4, 0.5) is 10.7 Å². The lowest BCUT2D eigenvalue weighted by molar-refractivity contribution is 0.654. The van der Waals surface area contributed by atoms with Gasteiger partial charge in [0.15, 0.2) is 0 Å². The fourth-order valence-electron chi connectivity index (χ4n) is 3.14. The van der Waals surface area contributed by atoms with Crippen LogP contribution in [0.1, 0.15) is 16.0 Å². The Morgan fingerprint density at radius 3 is 3.05 bits per heavy atom. The molecule has 0 atom stereocenters. The summed E-state index contributed by atoms with van der Waals surface area (Å²) in [5.74, 6) is 0. The molecule has 0 aliphatic carbocycles. The summed E-state index contributed by atoms with van der Waals surface area (Å²) in [6.07, 6.45) is 5.03. The van der Waals surface area contributed by atoms with Crippen LogP contribution in [0.3, 0.4) is 0 Å². The Kier molecular flexibility index (Phi) is 3.31. The van der Waals surface area contributed by atoms with Gasteiger partial charge in [0.2, 0.25) is 0 Å². The molecule has 1 saturated heterocycles. The van der Waals surface area contributed by atoms with E-state index in [4.69, 9.17) is 0 Å². The van der Waals surface area contributed by atoms with Crippen molar-refractivity contribution in [2.75, 3.05) is 36.1 Å². The maximum absolute atomic E-state index is 4.28. The van der Waals surface area contributed by atoms with Crippen LogP contribution in [0.15, 0.2) is 24.5 Å². The fraction of sp³-hybridized carbons (Fsp3) is 0.438. The average molecular weight is 300 g/mol. The van der Waals surface area contributed by atoms with Crippen molar-refractivity contribution in [3.8, 4) is 0 Å². The lowest BCUT2D eigenvalue weighted by Crippen LogP contribution is -2.25. The third-order valence-electron chi connectivity index (χ3n) is 4.39. The third-order valence-corrected chi connectivity index (χ3v) is 5.62. The predicted molar refractivity (Wildman–Crippen MR) is 88.3 cm³/mol. The number of fused-ring (bicyclic) bond motifs is 1. The van der Waals surface area contributed by atoms with E-state index in [1.165, 1.54) is 27.5 Å². The molecule has 0 unspecified atom stereocenters. The highest BCUT2D eigenvalue weighted by Crippen LogP contribution is 2.34. The van der Waals surface area contributed by atoms with Gasteiger partial charge in [0.1, 0.15) is 0 Å². The molecule has 5 heteroatoms. The summed E-state index contributed by atoms with van der Waals surface area (Å²) in [6.45, 7) is 7.46. The molecule has 4 heterocycles. The van der Waals surface area contributed by atoms with Gasteiger partial charge in [0, 0.05) is 30.7 Å². The number of hydrogen-bond donors (Lipinski definition) is 1. The number of rotatable bonds is 2. The first-order valence-electron chi connectivity index (χ1n) is 7.54. The molecule has 2 aromatic rings. The van der Waals surface area contributed by atoms with E-state index in [0.29, 0.717) is 0 Å². The van der Waals surface area contributed by atoms with Crippen LogP contribution in [0.2, 0.25) is 0 Å². The maximum atomic E-state index is 4.28. The summed E-state index contributed by atoms with van der Waals surface area (Å²) < 4.78 is 0. The Balaban J connectivity index is 1.54. The molecule has 2 aromatic heterocycles. The molecule has 110 valence electrons. The van der Waals surface area contributed by atoms with Crippen molar-refractivity contribution in [3.63, 3.8) is 0 Å². The van der Waals surface area contributed by atoms with E-state index < -0.39 is 0 Å². The number of anilines is 2. The van der Waals surface area contributed by atoms with E-state index in [1.54, 1.807) is 5.56 Å². The Morgan fingerprint density at radius 2 is 2.19 bits per heavy atom. The minimum atomic E-state index is 0.972. The minimum absolute atomic E-state index is 0.972. The zero-order valence-corrected chi connectivity index (χ0v) is 13.1. The van der Waals surface area contributed by atoms with E-state index in [1.807, 2.05) is 23.7 Å². The highest BCUT2D eigenvalue weighted by Gasteiger charge is 2.24. The number of aryl methyl sites for hydroxylation is 1. The first-order valence-corrected chi connectivity index (χ1v) is 8.36. The van der Waals surface area contributed by atoms with Gasteiger partial charge in [0.25, 0.3) is 0 Å². The van der Waals surface area contributed by atoms with Crippen LogP contribution in [0.5, 0.6) is 0 Å². The summed E-state index contributed by atoms with van der Waals surface area (Å²) in [6, 6.07) is 4.49. The van der Waals surface area contributed by atoms with E-state index in [0.717, 1.165) is 32.8 Å². The molecule has 4 nitrogen and oxygen atoms in total. The van der Waals surface area contributed by atoms with Gasteiger partial charge in [-0.2, -0.15) is 0 Å². The molecular weight excluding hydrogens is 280 g/mol. The first-order chi connectivity index (χ1) is 10.3. The second-order valence-electron chi connectivity index (χ2n) is 5.79. The topological polar surface area (TPSA) is 31.4 Å². The second-order valence-corrected chi connectivity index (χ2v) is 6.91. The van der Waals surface area contributed by atoms with Crippen molar-refractivity contribution in [2.45, 2.75) is 19.9 Å². The van der Waals surface area contributed by atoms with E-state index in [-0.39, 0.29) is 0 Å². The molecule has 21 heavy (non-hydrogen) atoms. The maximum Gasteiger partial charge on any atom is 0.0929 e. The first kappa shape index (κ1) is 13.1. The third kappa shape index (κ3) is 2.40. The van der Waals surface area contributed by atoms with Gasteiger partial charge in [-0.3, -0.25) is 4.98 Å². The van der Waals surface area contributed by atoms with Gasteiger partial charge in [-0.15, -0.1) is 11.3 Å². The largest absolute Gasteiger partial charge is 0.351 e. The molecule has 0 bridgehead atoms. The van der Waals surface area contributed by atoms with Gasteiger partial charge < -0.3 is 15.1 Å². The fourth-order valence-corrected chi connectivity index (χ4v) is 4.34. The number of hydrogen-bond acceptors (Lipinski definition) is 5. The molecule has 4 rings (SSSR count). The van der Waals surface area contributed by atoms with E-state index in [2.05, 4.69) is 39.2 Å². The van der Waals surface area contributed by atoms with Crippen molar-refractivity contribution in [3.05, 3.63) is 40.5 Å². The summed E-state index contributed by atoms with van der Waals surface area (Å²) in [4.78, 5) is 10.7. The molecule has 0 aromatic carbocycles. The molecule has 0 radical (unpaired) electrons. The highest BCUT2D eigenvalue weighted by molar-refractivity contribution is 7.16. The summed E-state index contributed by atoms with van der Waals surface area (Å²) in [5, 5.41) is 4.88. The van der Waals surface area contributed by atoms with Crippen molar-refractivity contribution in [1.82, 2.24) is 10.3 Å². The Hall–Kier alpha value is -1.59. The SMILES string of the molecule is Cc1ccncc1N1CCN(c2cc3c(s2)CNCC3)C1. The second kappa shape index (κ2) is 5.31. The number of thiophene rings is 1. The number of nitrogens with one attached hydrogen (secondary N) is 1. The summed E-state index contributed by atoms with van der Waals surface area (Å²) in [7, 11) is 0. The molecule has 0 spiro atoms. The van der Waals surface area contributed by atoms with Crippen LogP contribution in [0, 0.1) is 6.92 Å². The molecule has 2 aliphatic heterocycles. The summed E-state index contributed by atoms with van der Waals surface area (Å²) >= 11 is 1.96. The lowest BCUT2D eigenvalue weighted by Gasteiger charge is -2.21. The van der Waals surface area contributed by atoms with Crippen molar-refractivity contribution in [1.29, 1.82) is 0 Å². The monoisotopic (exact) mass is 300 g/mol. The van der Waals surface area contributed by atoms with Gasteiger partial charge in [-0.1, -0.05) is 0 Å². The Bertz CT molecular complexity index is 628. The van der Waals surface area contributed by atoms with Crippen LogP contribution >= 0.6 is 11.3 Å². The van der Waals surface area contributed by atoms with Crippen LogP contribution in [-0.4, -0.2) is 31.3 Å². The average Bonchev–Trinajstić information content (AvgIpc) is 3.14. The molecule has 1 fully saturated rings. The highest BCUT2D eigenvalue weighted by atomic mass is 32.1. The Morgan fingerprint density at radius 1 is 1.29 bits per heavy atom. The minimum Gasteiger partial charge on any atom is -0.351 e. The smallest absolute Gasteiger partial charge is 0.0929 e. The summed E-state index contributed by atoms with van der Waals surface area (Å²) in [5.41, 5.74) is 4.12. The van der Waals surface area contributed by atoms with Gasteiger partial charge in [-0.25, -0.2) is 0 Å². The standard InChI is InChI=1S/C16H20N4S/c1-12-2-4-17-9-14(12)19-6-7-20(11-19)16-8-13-3-5-18-10-15(13)21-16/h2,4,8-9,18H,3,5-7,10-11H2,1H3. The normalized spacial score (nSPS) is 18.1. The van der Waals surface area contributed by atoms with Gasteiger partial charge >= 0.3 is 0 Å². The zero-order valence-electron chi connectivity index (χ0n) is 12.3. The number of nitrogens with zero attached hydrogens (tertiary/aromatic N) is 3. The van der Waals surface area contributed by atoms with Crippen molar-refractivity contribution in [2.24, 2.45) is 0 Å². The molecule has 1 N–H and O–H groups in total.